The lowest BCUT2D eigenvalue weighted by molar-refractivity contribution is -0.387. The molecule has 0 saturated heterocycles. The summed E-state index contributed by atoms with van der Waals surface area (Å²) in [5.41, 5.74) is -0.563. The molecule has 0 fully saturated rings. The van der Waals surface area contributed by atoms with Gasteiger partial charge in [0, 0.05) is 28.7 Å². The minimum atomic E-state index is -1.24. The second kappa shape index (κ2) is 6.13. The first kappa shape index (κ1) is 15.3. The van der Waals surface area contributed by atoms with Crippen LogP contribution in [0.3, 0.4) is 0 Å². The van der Waals surface area contributed by atoms with Gasteiger partial charge in [-0.15, -0.1) is 0 Å². The van der Waals surface area contributed by atoms with Gasteiger partial charge in [0.05, 0.1) is 10.6 Å². The van der Waals surface area contributed by atoms with Gasteiger partial charge in [0.25, 0.3) is 0 Å². The van der Waals surface area contributed by atoms with Gasteiger partial charge < -0.3 is 5.32 Å². The molecule has 0 atom stereocenters. The van der Waals surface area contributed by atoms with E-state index in [0.717, 1.165) is 6.07 Å². The molecule has 0 aliphatic heterocycles. The van der Waals surface area contributed by atoms with E-state index in [1.807, 2.05) is 0 Å². The lowest BCUT2D eigenvalue weighted by Crippen LogP contribution is -2.05. The van der Waals surface area contributed by atoms with Crippen LogP contribution in [0.1, 0.15) is 5.56 Å². The average Bonchev–Trinajstić information content (AvgIpc) is 2.41. The van der Waals surface area contributed by atoms with Crippen molar-refractivity contribution >= 4 is 27.3 Å². The topological polar surface area (TPSA) is 55.2 Å². The highest BCUT2D eigenvalue weighted by Gasteiger charge is 2.18. The summed E-state index contributed by atoms with van der Waals surface area (Å²) in [7, 11) is 0. The van der Waals surface area contributed by atoms with Crippen LogP contribution in [0.15, 0.2) is 34.8 Å². The van der Waals surface area contributed by atoms with E-state index in [4.69, 9.17) is 0 Å². The van der Waals surface area contributed by atoms with Gasteiger partial charge in [-0.2, -0.15) is 4.39 Å². The summed E-state index contributed by atoms with van der Waals surface area (Å²) >= 11 is 3.18. The molecule has 0 radical (unpaired) electrons. The Kier molecular flexibility index (Phi) is 4.46. The monoisotopic (exact) mass is 360 g/mol. The number of hydrogen-bond acceptors (Lipinski definition) is 3. The van der Waals surface area contributed by atoms with Gasteiger partial charge in [-0.3, -0.25) is 10.1 Å². The predicted molar refractivity (Wildman–Crippen MR) is 74.4 cm³/mol. The molecule has 0 unspecified atom stereocenters. The third-order valence-electron chi connectivity index (χ3n) is 2.71. The van der Waals surface area contributed by atoms with E-state index in [2.05, 4.69) is 21.2 Å². The van der Waals surface area contributed by atoms with Crippen molar-refractivity contribution in [2.75, 3.05) is 5.32 Å². The van der Waals surface area contributed by atoms with Crippen molar-refractivity contribution in [2.24, 2.45) is 0 Å². The van der Waals surface area contributed by atoms with Crippen LogP contribution in [-0.2, 0) is 6.54 Å². The molecular weight excluding hydrogens is 353 g/mol. The molecule has 2 aromatic carbocycles. The molecule has 4 nitrogen and oxygen atoms in total. The van der Waals surface area contributed by atoms with Crippen LogP contribution < -0.4 is 5.32 Å². The van der Waals surface area contributed by atoms with Crippen LogP contribution in [0, 0.1) is 27.6 Å². The normalized spacial score (nSPS) is 10.5. The molecule has 0 aromatic heterocycles. The quantitative estimate of drug-likeness (QED) is 0.649. The first-order valence-corrected chi connectivity index (χ1v) is 6.49. The number of benzene rings is 2. The van der Waals surface area contributed by atoms with E-state index in [9.17, 15) is 23.3 Å². The Labute approximate surface area is 125 Å². The van der Waals surface area contributed by atoms with Gasteiger partial charge in [-0.25, -0.2) is 8.78 Å². The van der Waals surface area contributed by atoms with Crippen molar-refractivity contribution < 1.29 is 18.1 Å². The molecule has 8 heteroatoms. The van der Waals surface area contributed by atoms with E-state index < -0.39 is 28.1 Å². The van der Waals surface area contributed by atoms with Gasteiger partial charge in [0.15, 0.2) is 0 Å². The largest absolute Gasteiger partial charge is 0.380 e. The second-order valence-electron chi connectivity index (χ2n) is 4.13. The lowest BCUT2D eigenvalue weighted by atomic mass is 10.1. The lowest BCUT2D eigenvalue weighted by Gasteiger charge is -2.09. The molecule has 0 spiro atoms. The summed E-state index contributed by atoms with van der Waals surface area (Å²) in [6.07, 6.45) is 0. The SMILES string of the molecule is O=[N+]([O-])c1cc(CNc2cc(F)ccc2Br)c(F)cc1F. The van der Waals surface area contributed by atoms with Crippen LogP contribution in [0.2, 0.25) is 0 Å². The summed E-state index contributed by atoms with van der Waals surface area (Å²) < 4.78 is 40.4. The number of rotatable bonds is 4. The molecule has 0 aliphatic carbocycles. The van der Waals surface area contributed by atoms with Crippen LogP contribution >= 0.6 is 15.9 Å². The van der Waals surface area contributed by atoms with Crippen LogP contribution in [0.5, 0.6) is 0 Å². The zero-order valence-electron chi connectivity index (χ0n) is 10.4. The Morgan fingerprint density at radius 1 is 1.14 bits per heavy atom. The fraction of sp³-hybridized carbons (Fsp3) is 0.0769. The average molecular weight is 361 g/mol. The highest BCUT2D eigenvalue weighted by molar-refractivity contribution is 9.10. The molecule has 0 heterocycles. The van der Waals surface area contributed by atoms with Crippen LogP contribution in [0.25, 0.3) is 0 Å². The molecule has 0 bridgehead atoms. The Bertz CT molecular complexity index is 710. The third kappa shape index (κ3) is 3.52. The van der Waals surface area contributed by atoms with Gasteiger partial charge in [0.2, 0.25) is 5.82 Å². The maximum absolute atomic E-state index is 13.6. The molecule has 110 valence electrons. The van der Waals surface area contributed by atoms with E-state index in [-0.39, 0.29) is 12.1 Å². The Balaban J connectivity index is 2.25. The molecule has 2 rings (SSSR count). The molecule has 0 amide bonds. The summed E-state index contributed by atoms with van der Waals surface area (Å²) in [5.74, 6) is -2.66. The molecule has 21 heavy (non-hydrogen) atoms. The van der Waals surface area contributed by atoms with E-state index in [1.165, 1.54) is 18.2 Å². The van der Waals surface area contributed by atoms with Gasteiger partial charge in [-0.05, 0) is 34.1 Å². The first-order chi connectivity index (χ1) is 9.88. The molecular formula is C13H8BrF3N2O2. The Morgan fingerprint density at radius 2 is 1.86 bits per heavy atom. The van der Waals surface area contributed by atoms with Crippen molar-refractivity contribution in [3.8, 4) is 0 Å². The predicted octanol–water partition coefficient (Wildman–Crippen LogP) is 4.39. The number of nitro groups is 1. The summed E-state index contributed by atoms with van der Waals surface area (Å²) in [6.45, 7) is -0.158. The maximum atomic E-state index is 13.6. The standard InChI is InChI=1S/C13H8BrF3N2O2/c14-9-2-1-8(15)4-12(9)18-6-7-3-13(19(20)21)11(17)5-10(7)16/h1-5,18H,6H2. The number of nitrogens with zero attached hydrogens (tertiary/aromatic N) is 1. The Morgan fingerprint density at radius 3 is 2.52 bits per heavy atom. The maximum Gasteiger partial charge on any atom is 0.305 e. The number of nitrogens with one attached hydrogen (secondary N) is 1. The van der Waals surface area contributed by atoms with E-state index in [0.29, 0.717) is 16.2 Å². The number of hydrogen-bond donors (Lipinski definition) is 1. The van der Waals surface area contributed by atoms with E-state index >= 15 is 0 Å². The summed E-state index contributed by atoms with van der Waals surface area (Å²) in [5, 5.41) is 13.3. The fourth-order valence-electron chi connectivity index (χ4n) is 1.68. The third-order valence-corrected chi connectivity index (χ3v) is 3.40. The minimum absolute atomic E-state index is 0.0979. The van der Waals surface area contributed by atoms with Crippen molar-refractivity contribution in [3.63, 3.8) is 0 Å². The summed E-state index contributed by atoms with van der Waals surface area (Å²) in [6, 6.07) is 5.14. The highest BCUT2D eigenvalue weighted by Crippen LogP contribution is 2.26. The molecule has 1 N–H and O–H groups in total. The van der Waals surface area contributed by atoms with Crippen LogP contribution in [0.4, 0.5) is 24.5 Å². The number of nitro benzene ring substituents is 1. The highest BCUT2D eigenvalue weighted by atomic mass is 79.9. The van der Waals surface area contributed by atoms with Crippen molar-refractivity contribution in [3.05, 3.63) is 67.9 Å². The summed E-state index contributed by atoms with van der Waals surface area (Å²) in [4.78, 5) is 9.69. The fourth-order valence-corrected chi connectivity index (χ4v) is 2.07. The van der Waals surface area contributed by atoms with Gasteiger partial charge >= 0.3 is 5.69 Å². The van der Waals surface area contributed by atoms with Crippen molar-refractivity contribution in [1.29, 1.82) is 0 Å². The van der Waals surface area contributed by atoms with Crippen molar-refractivity contribution in [1.82, 2.24) is 0 Å². The molecule has 0 saturated carbocycles. The second-order valence-corrected chi connectivity index (χ2v) is 4.98. The molecule has 2 aromatic rings. The zero-order valence-corrected chi connectivity index (χ0v) is 12.0. The van der Waals surface area contributed by atoms with Gasteiger partial charge in [-0.1, -0.05) is 0 Å². The zero-order chi connectivity index (χ0) is 15.6. The first-order valence-electron chi connectivity index (χ1n) is 5.69. The smallest absolute Gasteiger partial charge is 0.305 e. The van der Waals surface area contributed by atoms with Crippen molar-refractivity contribution in [2.45, 2.75) is 6.54 Å². The van der Waals surface area contributed by atoms with E-state index in [1.54, 1.807) is 0 Å². The number of anilines is 1. The number of halogens is 4. The molecule has 0 aliphatic rings. The minimum Gasteiger partial charge on any atom is -0.380 e. The Hall–Kier alpha value is -2.09. The van der Waals surface area contributed by atoms with Gasteiger partial charge in [0.1, 0.15) is 11.6 Å². The van der Waals surface area contributed by atoms with Crippen LogP contribution in [-0.4, -0.2) is 4.92 Å².